The summed E-state index contributed by atoms with van der Waals surface area (Å²) in [4.78, 5) is 24.1. The highest BCUT2D eigenvalue weighted by Gasteiger charge is 2.40. The van der Waals surface area contributed by atoms with Gasteiger partial charge in [0.25, 0.3) is 5.91 Å². The van der Waals surface area contributed by atoms with Crippen LogP contribution >= 0.6 is 11.6 Å². The van der Waals surface area contributed by atoms with E-state index in [-0.39, 0.29) is 24.4 Å². The van der Waals surface area contributed by atoms with Gasteiger partial charge in [-0.05, 0) is 42.9 Å². The molecular weight excluding hydrogens is 318 g/mol. The number of hydrogen-bond donors (Lipinski definition) is 1. The van der Waals surface area contributed by atoms with Crippen LogP contribution in [0.15, 0.2) is 30.4 Å². The number of anilines is 1. The lowest BCUT2D eigenvalue weighted by atomic mass is 9.94. The smallest absolute Gasteiger partial charge is 0.310 e. The fourth-order valence-electron chi connectivity index (χ4n) is 3.26. The van der Waals surface area contributed by atoms with Gasteiger partial charge in [0, 0.05) is 5.02 Å². The molecule has 3 rings (SSSR count). The number of carbonyl (C=O) groups is 2. The van der Waals surface area contributed by atoms with Crippen molar-refractivity contribution in [3.8, 4) is 5.75 Å². The van der Waals surface area contributed by atoms with Gasteiger partial charge < -0.3 is 14.8 Å². The maximum atomic E-state index is 12.1. The Hall–Kier alpha value is -2.01. The molecular formula is C17H18ClNO4. The van der Waals surface area contributed by atoms with Crippen LogP contribution in [-0.4, -0.2) is 25.6 Å². The molecule has 1 saturated carbocycles. The molecule has 2 aliphatic carbocycles. The second kappa shape index (κ2) is 6.62. The van der Waals surface area contributed by atoms with Crippen molar-refractivity contribution in [1.82, 2.24) is 0 Å². The summed E-state index contributed by atoms with van der Waals surface area (Å²) in [5.41, 5.74) is 0.448. The van der Waals surface area contributed by atoms with Gasteiger partial charge in [0.15, 0.2) is 6.61 Å². The minimum atomic E-state index is -0.419. The Kier molecular flexibility index (Phi) is 4.57. The molecule has 23 heavy (non-hydrogen) atoms. The monoisotopic (exact) mass is 335 g/mol. The molecule has 1 amide bonds. The average Bonchev–Trinajstić information content (AvgIpc) is 3.16. The molecule has 2 aliphatic rings. The summed E-state index contributed by atoms with van der Waals surface area (Å²) in [7, 11) is 1.50. The summed E-state index contributed by atoms with van der Waals surface area (Å²) >= 11 is 5.91. The molecule has 0 heterocycles. The highest BCUT2D eigenvalue weighted by Crippen LogP contribution is 2.43. The molecule has 0 aliphatic heterocycles. The van der Waals surface area contributed by atoms with Crippen molar-refractivity contribution in [2.45, 2.75) is 12.8 Å². The lowest BCUT2D eigenvalue weighted by Crippen LogP contribution is -2.26. The molecule has 1 fully saturated rings. The molecule has 0 saturated heterocycles. The van der Waals surface area contributed by atoms with Crippen molar-refractivity contribution in [2.24, 2.45) is 17.8 Å². The molecule has 6 heteroatoms. The zero-order chi connectivity index (χ0) is 16.4. The number of amides is 1. The Labute approximate surface area is 139 Å². The van der Waals surface area contributed by atoms with Crippen molar-refractivity contribution < 1.29 is 19.1 Å². The highest BCUT2D eigenvalue weighted by atomic mass is 35.5. The first-order valence-corrected chi connectivity index (χ1v) is 7.93. The predicted octanol–water partition coefficient (Wildman–Crippen LogP) is 3.04. The minimum Gasteiger partial charge on any atom is -0.495 e. The number of fused-ring (bicyclic) bond motifs is 2. The van der Waals surface area contributed by atoms with Crippen LogP contribution in [0.2, 0.25) is 5.02 Å². The van der Waals surface area contributed by atoms with Gasteiger partial charge in [0.05, 0.1) is 18.7 Å². The molecule has 0 radical (unpaired) electrons. The molecule has 0 aromatic heterocycles. The average molecular weight is 336 g/mol. The van der Waals surface area contributed by atoms with E-state index in [1.54, 1.807) is 18.2 Å². The fraction of sp³-hybridized carbons (Fsp3) is 0.412. The summed E-state index contributed by atoms with van der Waals surface area (Å²) in [6, 6.07) is 4.91. The highest BCUT2D eigenvalue weighted by molar-refractivity contribution is 6.31. The lowest BCUT2D eigenvalue weighted by Gasteiger charge is -2.16. The van der Waals surface area contributed by atoms with Gasteiger partial charge in [-0.2, -0.15) is 0 Å². The maximum Gasteiger partial charge on any atom is 0.310 e. The van der Waals surface area contributed by atoms with Gasteiger partial charge >= 0.3 is 5.97 Å². The van der Waals surface area contributed by atoms with Crippen LogP contribution in [0.1, 0.15) is 12.8 Å². The van der Waals surface area contributed by atoms with Gasteiger partial charge in [-0.15, -0.1) is 0 Å². The molecule has 1 aromatic carbocycles. The van der Waals surface area contributed by atoms with E-state index in [4.69, 9.17) is 21.1 Å². The summed E-state index contributed by atoms with van der Waals surface area (Å²) in [5, 5.41) is 3.12. The standard InChI is InChI=1S/C17H18ClNO4/c1-22-15-5-4-12(18)8-14(15)19-16(20)9-23-17(21)13-7-10-2-3-11(13)6-10/h2-5,8,10-11,13H,6-7,9H2,1H3,(H,19,20). The van der Waals surface area contributed by atoms with Crippen molar-refractivity contribution >= 4 is 29.2 Å². The van der Waals surface area contributed by atoms with Crippen LogP contribution in [-0.2, 0) is 14.3 Å². The van der Waals surface area contributed by atoms with Crippen LogP contribution in [0.3, 0.4) is 0 Å². The molecule has 122 valence electrons. The Morgan fingerprint density at radius 1 is 1.30 bits per heavy atom. The first kappa shape index (κ1) is 15.9. The SMILES string of the molecule is COc1ccc(Cl)cc1NC(=O)COC(=O)C1CC2C=CC1C2. The molecule has 5 nitrogen and oxygen atoms in total. The van der Waals surface area contributed by atoms with E-state index in [9.17, 15) is 9.59 Å². The van der Waals surface area contributed by atoms with Gasteiger partial charge in [-0.3, -0.25) is 9.59 Å². The molecule has 1 aromatic rings. The second-order valence-corrected chi connectivity index (χ2v) is 6.32. The third-order valence-electron chi connectivity index (χ3n) is 4.36. The first-order valence-electron chi connectivity index (χ1n) is 7.55. The van der Waals surface area contributed by atoms with E-state index in [1.165, 1.54) is 7.11 Å². The van der Waals surface area contributed by atoms with Crippen LogP contribution in [0.4, 0.5) is 5.69 Å². The topological polar surface area (TPSA) is 64.6 Å². The van der Waals surface area contributed by atoms with Gasteiger partial charge in [-0.25, -0.2) is 0 Å². The van der Waals surface area contributed by atoms with E-state index < -0.39 is 5.91 Å². The van der Waals surface area contributed by atoms with E-state index in [2.05, 4.69) is 17.5 Å². The summed E-state index contributed by atoms with van der Waals surface area (Å²) in [6.45, 7) is -0.313. The number of methoxy groups -OCH3 is 1. The van der Waals surface area contributed by atoms with Crippen LogP contribution < -0.4 is 10.1 Å². The first-order chi connectivity index (χ1) is 11.1. The number of ether oxygens (including phenoxy) is 2. The number of benzene rings is 1. The van der Waals surface area contributed by atoms with Crippen LogP contribution in [0, 0.1) is 17.8 Å². The van der Waals surface area contributed by atoms with Crippen molar-refractivity contribution in [3.63, 3.8) is 0 Å². The Balaban J connectivity index is 1.53. The number of nitrogens with one attached hydrogen (secondary N) is 1. The number of rotatable bonds is 5. The zero-order valence-corrected chi connectivity index (χ0v) is 13.5. The lowest BCUT2D eigenvalue weighted by molar-refractivity contribution is -0.152. The van der Waals surface area contributed by atoms with Crippen LogP contribution in [0.25, 0.3) is 0 Å². The molecule has 1 N–H and O–H groups in total. The number of hydrogen-bond acceptors (Lipinski definition) is 4. The molecule has 3 atom stereocenters. The largest absolute Gasteiger partial charge is 0.495 e. The van der Waals surface area contributed by atoms with Crippen LogP contribution in [0.5, 0.6) is 5.75 Å². The molecule has 2 bridgehead atoms. The third kappa shape index (κ3) is 3.50. The third-order valence-corrected chi connectivity index (χ3v) is 4.60. The van der Waals surface area contributed by atoms with Gasteiger partial charge in [0.2, 0.25) is 0 Å². The number of allylic oxidation sites excluding steroid dienone is 2. The second-order valence-electron chi connectivity index (χ2n) is 5.89. The van der Waals surface area contributed by atoms with E-state index in [0.717, 1.165) is 12.8 Å². The van der Waals surface area contributed by atoms with Crippen molar-refractivity contribution in [1.29, 1.82) is 0 Å². The van der Waals surface area contributed by atoms with Crippen molar-refractivity contribution in [2.75, 3.05) is 19.0 Å². The quantitative estimate of drug-likeness (QED) is 0.663. The van der Waals surface area contributed by atoms with E-state index >= 15 is 0 Å². The Morgan fingerprint density at radius 3 is 2.78 bits per heavy atom. The normalized spacial score (nSPS) is 24.5. The van der Waals surface area contributed by atoms with E-state index in [0.29, 0.717) is 22.4 Å². The number of halogens is 1. The number of carbonyl (C=O) groups excluding carboxylic acids is 2. The van der Waals surface area contributed by atoms with Crippen molar-refractivity contribution in [3.05, 3.63) is 35.4 Å². The molecule has 0 spiro atoms. The molecule has 3 unspecified atom stereocenters. The zero-order valence-electron chi connectivity index (χ0n) is 12.8. The maximum absolute atomic E-state index is 12.1. The minimum absolute atomic E-state index is 0.112. The number of esters is 1. The van der Waals surface area contributed by atoms with Gasteiger partial charge in [-0.1, -0.05) is 23.8 Å². The fourth-order valence-corrected chi connectivity index (χ4v) is 3.43. The summed E-state index contributed by atoms with van der Waals surface area (Å²) < 4.78 is 10.3. The Morgan fingerprint density at radius 2 is 2.13 bits per heavy atom. The Bertz CT molecular complexity index is 658. The van der Waals surface area contributed by atoms with Gasteiger partial charge in [0.1, 0.15) is 5.75 Å². The van der Waals surface area contributed by atoms with E-state index in [1.807, 2.05) is 0 Å². The predicted molar refractivity (Wildman–Crippen MR) is 86.4 cm³/mol. The summed E-state index contributed by atoms with van der Waals surface area (Å²) in [5.74, 6) is 0.421. The summed E-state index contributed by atoms with van der Waals surface area (Å²) in [6.07, 6.45) is 6.08.